The van der Waals surface area contributed by atoms with Gasteiger partial charge in [-0.25, -0.2) is 4.98 Å². The highest BCUT2D eigenvalue weighted by atomic mass is 16.6. The zero-order chi connectivity index (χ0) is 14.8. The fraction of sp³-hybridized carbons (Fsp3) is 0.231. The van der Waals surface area contributed by atoms with E-state index in [0.717, 1.165) is 0 Å². The van der Waals surface area contributed by atoms with Crippen LogP contribution in [0.4, 0.5) is 11.4 Å². The third-order valence-electron chi connectivity index (χ3n) is 3.21. The summed E-state index contributed by atoms with van der Waals surface area (Å²) in [5.41, 5.74) is 1.05. The zero-order valence-electron chi connectivity index (χ0n) is 11.0. The van der Waals surface area contributed by atoms with E-state index in [2.05, 4.69) is 9.97 Å². The van der Waals surface area contributed by atoms with Crippen molar-refractivity contribution in [1.82, 2.24) is 9.97 Å². The largest absolute Gasteiger partial charge is 0.490 e. The molecular formula is C13H12N4O4. The van der Waals surface area contributed by atoms with Crippen LogP contribution in [0.3, 0.4) is 0 Å². The molecule has 8 nitrogen and oxygen atoms in total. The van der Waals surface area contributed by atoms with Gasteiger partial charge in [0, 0.05) is 24.0 Å². The number of benzene rings is 1. The first kappa shape index (κ1) is 13.1. The number of aromatic amines is 1. The number of fused-ring (bicyclic) bond motifs is 1. The normalized spacial score (nSPS) is 13.4. The smallest absolute Gasteiger partial charge is 0.271 e. The van der Waals surface area contributed by atoms with Gasteiger partial charge in [0.15, 0.2) is 0 Å². The highest BCUT2D eigenvalue weighted by Crippen LogP contribution is 2.35. The number of nitrogens with zero attached hydrogens (tertiary/aromatic N) is 3. The minimum Gasteiger partial charge on any atom is -0.490 e. The van der Waals surface area contributed by atoms with E-state index in [-0.39, 0.29) is 18.0 Å². The van der Waals surface area contributed by atoms with E-state index >= 15 is 0 Å². The summed E-state index contributed by atoms with van der Waals surface area (Å²) in [6.45, 7) is 0.723. The Kier molecular flexibility index (Phi) is 3.27. The minimum absolute atomic E-state index is 0.0707. The third kappa shape index (κ3) is 2.55. The fourth-order valence-electron chi connectivity index (χ4n) is 2.22. The average Bonchev–Trinajstić information content (AvgIpc) is 2.98. The topological polar surface area (TPSA) is 101 Å². The number of nitro benzene ring substituents is 1. The molecule has 0 unspecified atom stereocenters. The lowest BCUT2D eigenvalue weighted by Gasteiger charge is -2.29. The summed E-state index contributed by atoms with van der Waals surface area (Å²) in [5, 5.41) is 10.9. The molecule has 1 aromatic heterocycles. The van der Waals surface area contributed by atoms with Crippen molar-refractivity contribution in [3.8, 4) is 5.75 Å². The molecule has 1 aliphatic rings. The number of hydrogen-bond donors (Lipinski definition) is 1. The van der Waals surface area contributed by atoms with Crippen molar-refractivity contribution in [2.75, 3.05) is 18.1 Å². The van der Waals surface area contributed by atoms with E-state index in [9.17, 15) is 14.9 Å². The molecule has 0 atom stereocenters. The van der Waals surface area contributed by atoms with Crippen molar-refractivity contribution in [2.24, 2.45) is 0 Å². The Balaban J connectivity index is 1.90. The first-order chi connectivity index (χ1) is 10.1. The molecule has 108 valence electrons. The number of rotatable bonds is 3. The van der Waals surface area contributed by atoms with Crippen LogP contribution in [-0.4, -0.2) is 34.0 Å². The van der Waals surface area contributed by atoms with Gasteiger partial charge in [-0.05, 0) is 6.07 Å². The quantitative estimate of drug-likeness (QED) is 0.677. The van der Waals surface area contributed by atoms with Crippen LogP contribution in [0.5, 0.6) is 5.75 Å². The van der Waals surface area contributed by atoms with Gasteiger partial charge in [0.2, 0.25) is 5.91 Å². The molecule has 0 saturated carbocycles. The molecule has 1 aliphatic heterocycles. The number of hydrogen-bond acceptors (Lipinski definition) is 5. The molecule has 1 N–H and O–H groups in total. The summed E-state index contributed by atoms with van der Waals surface area (Å²) in [6.07, 6.45) is 3.23. The van der Waals surface area contributed by atoms with Gasteiger partial charge in [-0.15, -0.1) is 0 Å². The minimum atomic E-state index is -0.494. The second-order valence-corrected chi connectivity index (χ2v) is 4.56. The Morgan fingerprint density at radius 3 is 3.10 bits per heavy atom. The molecule has 2 heterocycles. The van der Waals surface area contributed by atoms with Gasteiger partial charge in [-0.3, -0.25) is 14.9 Å². The monoisotopic (exact) mass is 288 g/mol. The van der Waals surface area contributed by atoms with Gasteiger partial charge >= 0.3 is 0 Å². The molecule has 0 aliphatic carbocycles. The van der Waals surface area contributed by atoms with Crippen molar-refractivity contribution in [2.45, 2.75) is 6.42 Å². The van der Waals surface area contributed by atoms with E-state index in [1.165, 1.54) is 29.4 Å². The van der Waals surface area contributed by atoms with Crippen LogP contribution in [0, 0.1) is 10.1 Å². The van der Waals surface area contributed by atoms with Crippen molar-refractivity contribution in [3.63, 3.8) is 0 Å². The Bertz CT molecular complexity index is 683. The molecule has 0 spiro atoms. The number of ether oxygens (including phenoxy) is 1. The molecule has 2 aromatic rings. The number of carbonyl (C=O) groups is 1. The molecule has 0 bridgehead atoms. The second kappa shape index (κ2) is 5.23. The van der Waals surface area contributed by atoms with Gasteiger partial charge in [0.1, 0.15) is 12.4 Å². The number of anilines is 1. The number of aromatic nitrogens is 2. The van der Waals surface area contributed by atoms with E-state index in [1.807, 2.05) is 0 Å². The summed E-state index contributed by atoms with van der Waals surface area (Å²) >= 11 is 0. The van der Waals surface area contributed by atoms with Crippen molar-refractivity contribution in [3.05, 3.63) is 46.5 Å². The number of carbonyl (C=O) groups excluding carboxylic acids is 1. The number of imidazole rings is 1. The summed E-state index contributed by atoms with van der Waals surface area (Å²) < 4.78 is 5.44. The highest BCUT2D eigenvalue weighted by molar-refractivity contribution is 5.96. The highest BCUT2D eigenvalue weighted by Gasteiger charge is 2.26. The van der Waals surface area contributed by atoms with Crippen LogP contribution in [0.2, 0.25) is 0 Å². The summed E-state index contributed by atoms with van der Waals surface area (Å²) in [6, 6.07) is 4.24. The van der Waals surface area contributed by atoms with Crippen LogP contribution in [0.25, 0.3) is 0 Å². The Morgan fingerprint density at radius 2 is 2.38 bits per heavy atom. The number of non-ortho nitro benzene ring substituents is 1. The Hall–Kier alpha value is -2.90. The van der Waals surface area contributed by atoms with Crippen LogP contribution < -0.4 is 9.64 Å². The lowest BCUT2D eigenvalue weighted by molar-refractivity contribution is -0.384. The van der Waals surface area contributed by atoms with Crippen LogP contribution in [0.1, 0.15) is 5.69 Å². The standard InChI is InChI=1S/C13H12N4O4/c18-13(5-9-7-14-8-15-9)16-3-4-21-12-2-1-10(17(19)20)6-11(12)16/h1-2,6-8H,3-5H2,(H,14,15). The Morgan fingerprint density at radius 1 is 1.52 bits per heavy atom. The summed E-state index contributed by atoms with van der Waals surface area (Å²) in [5.74, 6) is 0.314. The average molecular weight is 288 g/mol. The fourth-order valence-corrected chi connectivity index (χ4v) is 2.22. The molecule has 8 heteroatoms. The number of H-pyrrole nitrogens is 1. The number of amides is 1. The zero-order valence-corrected chi connectivity index (χ0v) is 11.0. The maximum atomic E-state index is 12.4. The first-order valence-electron chi connectivity index (χ1n) is 6.34. The van der Waals surface area contributed by atoms with E-state index in [0.29, 0.717) is 30.3 Å². The van der Waals surface area contributed by atoms with Gasteiger partial charge < -0.3 is 14.6 Å². The molecule has 3 rings (SSSR count). The SMILES string of the molecule is O=C(Cc1cnc[nH]1)N1CCOc2ccc([N+](=O)[O-])cc21. The van der Waals surface area contributed by atoms with Gasteiger partial charge in [0.05, 0.1) is 29.9 Å². The predicted molar refractivity (Wildman–Crippen MR) is 73.2 cm³/mol. The molecule has 1 aromatic carbocycles. The van der Waals surface area contributed by atoms with E-state index < -0.39 is 4.92 Å². The Labute approximate surface area is 119 Å². The van der Waals surface area contributed by atoms with Gasteiger partial charge in [-0.2, -0.15) is 0 Å². The molecular weight excluding hydrogens is 276 g/mol. The lowest BCUT2D eigenvalue weighted by Crippen LogP contribution is -2.39. The van der Waals surface area contributed by atoms with Crippen molar-refractivity contribution in [1.29, 1.82) is 0 Å². The summed E-state index contributed by atoms with van der Waals surface area (Å²) in [4.78, 5) is 31.0. The lowest BCUT2D eigenvalue weighted by atomic mass is 10.2. The van der Waals surface area contributed by atoms with Crippen LogP contribution in [-0.2, 0) is 11.2 Å². The van der Waals surface area contributed by atoms with E-state index in [1.54, 1.807) is 6.20 Å². The van der Waals surface area contributed by atoms with Crippen LogP contribution >= 0.6 is 0 Å². The first-order valence-corrected chi connectivity index (χ1v) is 6.34. The van der Waals surface area contributed by atoms with Crippen molar-refractivity contribution >= 4 is 17.3 Å². The molecule has 0 saturated heterocycles. The summed E-state index contributed by atoms with van der Waals surface area (Å²) in [7, 11) is 0. The maximum absolute atomic E-state index is 12.4. The molecule has 0 fully saturated rings. The van der Waals surface area contributed by atoms with Crippen LogP contribution in [0.15, 0.2) is 30.7 Å². The second-order valence-electron chi connectivity index (χ2n) is 4.56. The number of nitrogens with one attached hydrogen (secondary N) is 1. The van der Waals surface area contributed by atoms with Crippen molar-refractivity contribution < 1.29 is 14.5 Å². The third-order valence-corrected chi connectivity index (χ3v) is 3.21. The molecule has 0 radical (unpaired) electrons. The number of nitro groups is 1. The molecule has 1 amide bonds. The molecule has 21 heavy (non-hydrogen) atoms. The van der Waals surface area contributed by atoms with Gasteiger partial charge in [-0.1, -0.05) is 0 Å². The predicted octanol–water partition coefficient (Wildman–Crippen LogP) is 1.29. The van der Waals surface area contributed by atoms with E-state index in [4.69, 9.17) is 4.74 Å². The van der Waals surface area contributed by atoms with Gasteiger partial charge in [0.25, 0.3) is 5.69 Å². The maximum Gasteiger partial charge on any atom is 0.271 e.